The monoisotopic (exact) mass is 366 g/mol. The van der Waals surface area contributed by atoms with Crippen molar-refractivity contribution >= 4 is 29.3 Å². The van der Waals surface area contributed by atoms with E-state index in [9.17, 15) is 4.79 Å². The van der Waals surface area contributed by atoms with E-state index < -0.39 is 0 Å². The lowest BCUT2D eigenvalue weighted by atomic mass is 10.2. The molecular formula is C16H19ClN4O2S. The summed E-state index contributed by atoms with van der Waals surface area (Å²) in [5.41, 5.74) is 0.934. The molecule has 1 aromatic carbocycles. The number of hydrogen-bond donors (Lipinski definition) is 1. The van der Waals surface area contributed by atoms with E-state index in [4.69, 9.17) is 16.3 Å². The van der Waals surface area contributed by atoms with Crippen LogP contribution in [0, 0.1) is 0 Å². The topological polar surface area (TPSA) is 69.0 Å². The van der Waals surface area contributed by atoms with Gasteiger partial charge in [0, 0.05) is 30.8 Å². The van der Waals surface area contributed by atoms with Crippen molar-refractivity contribution in [3.8, 4) is 11.4 Å². The van der Waals surface area contributed by atoms with Gasteiger partial charge in [0.25, 0.3) is 0 Å². The second-order valence-corrected chi connectivity index (χ2v) is 6.98. The molecule has 24 heavy (non-hydrogen) atoms. The van der Waals surface area contributed by atoms with Crippen LogP contribution in [0.3, 0.4) is 0 Å². The first kappa shape index (κ1) is 17.3. The molecule has 1 fully saturated rings. The molecule has 1 aliphatic heterocycles. The van der Waals surface area contributed by atoms with Crippen molar-refractivity contribution in [2.24, 2.45) is 7.05 Å². The SMILES string of the molecule is Cn1c(SCC(=O)NC[C@H]2CCCO2)nnc1-c1ccc(Cl)cc1. The first-order chi connectivity index (χ1) is 11.6. The predicted octanol–water partition coefficient (Wildman–Crippen LogP) is 2.52. The minimum absolute atomic E-state index is 0.0217. The van der Waals surface area contributed by atoms with Crippen LogP contribution in [-0.2, 0) is 16.6 Å². The third-order valence-corrected chi connectivity index (χ3v) is 5.09. The summed E-state index contributed by atoms with van der Waals surface area (Å²) in [6.07, 6.45) is 2.24. The third-order valence-electron chi connectivity index (χ3n) is 3.82. The molecule has 0 radical (unpaired) electrons. The highest BCUT2D eigenvalue weighted by atomic mass is 35.5. The molecule has 1 atom stereocenters. The Morgan fingerprint density at radius 1 is 1.42 bits per heavy atom. The summed E-state index contributed by atoms with van der Waals surface area (Å²) in [5, 5.41) is 12.6. The number of carbonyl (C=O) groups is 1. The fraction of sp³-hybridized carbons (Fsp3) is 0.438. The Balaban J connectivity index is 1.54. The standard InChI is InChI=1S/C16H19ClN4O2S/c1-21-15(11-4-6-12(17)7-5-11)19-20-16(21)24-10-14(22)18-9-13-3-2-8-23-13/h4-7,13H,2-3,8-10H2,1H3,(H,18,22)/t13-/m1/s1. The van der Waals surface area contributed by atoms with Crippen LogP contribution >= 0.6 is 23.4 Å². The van der Waals surface area contributed by atoms with E-state index in [1.807, 2.05) is 35.9 Å². The van der Waals surface area contributed by atoms with E-state index in [0.717, 1.165) is 30.8 Å². The summed E-state index contributed by atoms with van der Waals surface area (Å²) in [6, 6.07) is 7.43. The Kier molecular flexibility index (Phi) is 5.76. The smallest absolute Gasteiger partial charge is 0.230 e. The van der Waals surface area contributed by atoms with Gasteiger partial charge in [-0.1, -0.05) is 23.4 Å². The molecule has 1 saturated heterocycles. The van der Waals surface area contributed by atoms with Gasteiger partial charge >= 0.3 is 0 Å². The lowest BCUT2D eigenvalue weighted by molar-refractivity contribution is -0.119. The lowest BCUT2D eigenvalue weighted by Gasteiger charge is -2.10. The molecule has 1 aromatic heterocycles. The zero-order chi connectivity index (χ0) is 16.9. The van der Waals surface area contributed by atoms with Crippen molar-refractivity contribution in [2.75, 3.05) is 18.9 Å². The highest BCUT2D eigenvalue weighted by Crippen LogP contribution is 2.23. The van der Waals surface area contributed by atoms with Gasteiger partial charge in [-0.2, -0.15) is 0 Å². The second-order valence-electron chi connectivity index (χ2n) is 5.60. The van der Waals surface area contributed by atoms with Gasteiger partial charge in [0.05, 0.1) is 11.9 Å². The van der Waals surface area contributed by atoms with E-state index in [0.29, 0.717) is 22.5 Å². The molecule has 1 N–H and O–H groups in total. The maximum Gasteiger partial charge on any atom is 0.230 e. The van der Waals surface area contributed by atoms with Gasteiger partial charge < -0.3 is 14.6 Å². The average Bonchev–Trinajstić information content (AvgIpc) is 3.22. The maximum atomic E-state index is 11.9. The molecule has 0 spiro atoms. The maximum absolute atomic E-state index is 11.9. The van der Waals surface area contributed by atoms with Crippen LogP contribution in [0.4, 0.5) is 0 Å². The first-order valence-corrected chi connectivity index (χ1v) is 9.16. The Bertz CT molecular complexity index is 699. The highest BCUT2D eigenvalue weighted by molar-refractivity contribution is 7.99. The zero-order valence-electron chi connectivity index (χ0n) is 13.4. The first-order valence-electron chi connectivity index (χ1n) is 7.80. The van der Waals surface area contributed by atoms with Crippen molar-refractivity contribution in [3.63, 3.8) is 0 Å². The number of ether oxygens (including phenoxy) is 1. The van der Waals surface area contributed by atoms with Crippen LogP contribution in [0.1, 0.15) is 12.8 Å². The minimum atomic E-state index is -0.0217. The van der Waals surface area contributed by atoms with Crippen molar-refractivity contribution in [1.82, 2.24) is 20.1 Å². The van der Waals surface area contributed by atoms with Crippen LogP contribution in [-0.4, -0.2) is 45.7 Å². The Morgan fingerprint density at radius 2 is 2.21 bits per heavy atom. The van der Waals surface area contributed by atoms with E-state index in [1.54, 1.807) is 0 Å². The van der Waals surface area contributed by atoms with Crippen LogP contribution in [0.25, 0.3) is 11.4 Å². The number of rotatable bonds is 6. The van der Waals surface area contributed by atoms with Crippen LogP contribution < -0.4 is 5.32 Å². The molecule has 1 aliphatic rings. The van der Waals surface area contributed by atoms with Gasteiger partial charge in [-0.3, -0.25) is 4.79 Å². The number of aromatic nitrogens is 3. The van der Waals surface area contributed by atoms with Gasteiger partial charge in [-0.15, -0.1) is 10.2 Å². The molecule has 0 saturated carbocycles. The number of benzene rings is 1. The molecular weight excluding hydrogens is 348 g/mol. The fourth-order valence-electron chi connectivity index (χ4n) is 2.51. The quantitative estimate of drug-likeness (QED) is 0.795. The predicted molar refractivity (Wildman–Crippen MR) is 94.2 cm³/mol. The minimum Gasteiger partial charge on any atom is -0.376 e. The summed E-state index contributed by atoms with van der Waals surface area (Å²) in [7, 11) is 1.89. The van der Waals surface area contributed by atoms with E-state index >= 15 is 0 Å². The van der Waals surface area contributed by atoms with Crippen molar-refractivity contribution in [2.45, 2.75) is 24.1 Å². The molecule has 2 aromatic rings. The summed E-state index contributed by atoms with van der Waals surface area (Å²) < 4.78 is 7.36. The summed E-state index contributed by atoms with van der Waals surface area (Å²) in [6.45, 7) is 1.37. The summed E-state index contributed by atoms with van der Waals surface area (Å²) >= 11 is 7.27. The van der Waals surface area contributed by atoms with Crippen LogP contribution in [0.15, 0.2) is 29.4 Å². The Labute approximate surface area is 149 Å². The Morgan fingerprint density at radius 3 is 2.92 bits per heavy atom. The van der Waals surface area contributed by atoms with Gasteiger partial charge in [0.2, 0.25) is 5.91 Å². The number of nitrogens with one attached hydrogen (secondary N) is 1. The Hall–Kier alpha value is -1.57. The fourth-order valence-corrected chi connectivity index (χ4v) is 3.37. The highest BCUT2D eigenvalue weighted by Gasteiger charge is 2.17. The van der Waals surface area contributed by atoms with Gasteiger partial charge in [-0.25, -0.2) is 0 Å². The second kappa shape index (κ2) is 8.00. The molecule has 3 rings (SSSR count). The normalized spacial score (nSPS) is 17.2. The summed E-state index contributed by atoms with van der Waals surface area (Å²) in [4.78, 5) is 11.9. The van der Waals surface area contributed by atoms with Crippen molar-refractivity contribution < 1.29 is 9.53 Å². The summed E-state index contributed by atoms with van der Waals surface area (Å²) in [5.74, 6) is 1.03. The molecule has 6 nitrogen and oxygen atoms in total. The van der Waals surface area contributed by atoms with E-state index in [-0.39, 0.29) is 12.0 Å². The average molecular weight is 367 g/mol. The molecule has 8 heteroatoms. The molecule has 0 unspecified atom stereocenters. The van der Waals surface area contributed by atoms with Gasteiger partial charge in [0.1, 0.15) is 0 Å². The number of nitrogens with zero attached hydrogens (tertiary/aromatic N) is 3. The largest absolute Gasteiger partial charge is 0.376 e. The number of halogens is 1. The molecule has 128 valence electrons. The number of amides is 1. The molecule has 0 bridgehead atoms. The van der Waals surface area contributed by atoms with Crippen LogP contribution in [0.2, 0.25) is 5.02 Å². The van der Waals surface area contributed by atoms with Crippen molar-refractivity contribution in [3.05, 3.63) is 29.3 Å². The lowest BCUT2D eigenvalue weighted by Crippen LogP contribution is -2.32. The van der Waals surface area contributed by atoms with Gasteiger partial charge in [0.15, 0.2) is 11.0 Å². The molecule has 2 heterocycles. The van der Waals surface area contributed by atoms with Gasteiger partial charge in [-0.05, 0) is 37.1 Å². The van der Waals surface area contributed by atoms with E-state index in [2.05, 4.69) is 15.5 Å². The number of carbonyl (C=O) groups excluding carboxylic acids is 1. The molecule has 0 aliphatic carbocycles. The van der Waals surface area contributed by atoms with E-state index in [1.165, 1.54) is 11.8 Å². The zero-order valence-corrected chi connectivity index (χ0v) is 14.9. The third kappa shape index (κ3) is 4.28. The van der Waals surface area contributed by atoms with Crippen molar-refractivity contribution in [1.29, 1.82) is 0 Å². The number of thioether (sulfide) groups is 1. The number of hydrogen-bond acceptors (Lipinski definition) is 5. The van der Waals surface area contributed by atoms with Crippen LogP contribution in [0.5, 0.6) is 0 Å². The molecule has 1 amide bonds.